The number of hydrogen-bond acceptors (Lipinski definition) is 10. The third-order valence-corrected chi connectivity index (χ3v) is 4.08. The third-order valence-electron chi connectivity index (χ3n) is 4.08. The number of nitriles is 2. The number of nitrogens with one attached hydrogen (secondary N) is 1. The standard InChI is InChI=1S/C18H17N7O4/c19-5-1-7-24(8-2-6-20)18-16(25(26)27)17(21-12-22-18)23-13-3-4-14-15(11-13)29-10-9-28-14/h3-4,11-12H,1-2,7-10H2,(H,21,22,23). The van der Waals surface area contributed by atoms with Crippen molar-refractivity contribution in [2.24, 2.45) is 0 Å². The van der Waals surface area contributed by atoms with Crippen LogP contribution in [-0.4, -0.2) is 41.2 Å². The summed E-state index contributed by atoms with van der Waals surface area (Å²) in [6, 6.07) is 9.07. The van der Waals surface area contributed by atoms with Gasteiger partial charge in [-0.2, -0.15) is 10.5 Å². The van der Waals surface area contributed by atoms with E-state index in [4.69, 9.17) is 20.0 Å². The zero-order chi connectivity index (χ0) is 20.6. The first kappa shape index (κ1) is 19.6. The van der Waals surface area contributed by atoms with Gasteiger partial charge >= 0.3 is 5.69 Å². The van der Waals surface area contributed by atoms with Crippen LogP contribution in [0.4, 0.5) is 23.0 Å². The Balaban J connectivity index is 1.95. The Bertz CT molecular complexity index is 965. The Morgan fingerprint density at radius 1 is 1.14 bits per heavy atom. The molecule has 0 spiro atoms. The molecule has 29 heavy (non-hydrogen) atoms. The molecule has 0 amide bonds. The third kappa shape index (κ3) is 4.59. The average Bonchev–Trinajstić information content (AvgIpc) is 2.73. The van der Waals surface area contributed by atoms with Crippen LogP contribution in [0.25, 0.3) is 0 Å². The Labute approximate surface area is 166 Å². The molecule has 148 valence electrons. The van der Waals surface area contributed by atoms with Crippen molar-refractivity contribution in [3.63, 3.8) is 0 Å². The maximum absolute atomic E-state index is 11.8. The summed E-state index contributed by atoms with van der Waals surface area (Å²) >= 11 is 0. The van der Waals surface area contributed by atoms with Crippen LogP contribution in [-0.2, 0) is 0 Å². The van der Waals surface area contributed by atoms with Gasteiger partial charge in [0.2, 0.25) is 11.6 Å². The van der Waals surface area contributed by atoms with Crippen molar-refractivity contribution in [3.8, 4) is 23.6 Å². The molecule has 0 aliphatic carbocycles. The van der Waals surface area contributed by atoms with Gasteiger partial charge in [-0.3, -0.25) is 10.1 Å². The van der Waals surface area contributed by atoms with E-state index in [2.05, 4.69) is 15.3 Å². The van der Waals surface area contributed by atoms with Crippen molar-refractivity contribution in [2.75, 3.05) is 36.5 Å². The Hall–Kier alpha value is -4.12. The van der Waals surface area contributed by atoms with Gasteiger partial charge in [0.05, 0.1) is 29.9 Å². The van der Waals surface area contributed by atoms with Gasteiger partial charge in [-0.05, 0) is 12.1 Å². The van der Waals surface area contributed by atoms with Crippen molar-refractivity contribution in [2.45, 2.75) is 12.8 Å². The maximum Gasteiger partial charge on any atom is 0.353 e. The van der Waals surface area contributed by atoms with E-state index in [0.717, 1.165) is 0 Å². The first-order valence-corrected chi connectivity index (χ1v) is 8.79. The molecule has 3 rings (SSSR count). The topological polar surface area (TPSA) is 150 Å². The maximum atomic E-state index is 11.8. The zero-order valence-electron chi connectivity index (χ0n) is 15.4. The SMILES string of the molecule is N#CCCN(CCC#N)c1ncnc(Nc2ccc3c(c2)OCCO3)c1[N+](=O)[O-]. The first-order valence-electron chi connectivity index (χ1n) is 8.79. The molecule has 1 aromatic heterocycles. The molecule has 0 radical (unpaired) electrons. The van der Waals surface area contributed by atoms with E-state index in [1.807, 2.05) is 12.1 Å². The van der Waals surface area contributed by atoms with Gasteiger partial charge in [-0.1, -0.05) is 0 Å². The first-order chi connectivity index (χ1) is 14.1. The lowest BCUT2D eigenvalue weighted by Crippen LogP contribution is -2.27. The molecule has 1 aromatic carbocycles. The Morgan fingerprint density at radius 3 is 2.48 bits per heavy atom. The van der Waals surface area contributed by atoms with Gasteiger partial charge in [0.25, 0.3) is 0 Å². The monoisotopic (exact) mass is 395 g/mol. The predicted octanol–water partition coefficient (Wildman–Crippen LogP) is 2.53. The molecule has 2 aromatic rings. The van der Waals surface area contributed by atoms with Gasteiger partial charge in [-0.25, -0.2) is 9.97 Å². The molecule has 0 unspecified atom stereocenters. The molecule has 0 saturated heterocycles. The van der Waals surface area contributed by atoms with E-state index < -0.39 is 4.92 Å². The molecule has 1 aliphatic rings. The van der Waals surface area contributed by atoms with E-state index in [1.165, 1.54) is 6.33 Å². The molecule has 0 fully saturated rings. The molecule has 1 aliphatic heterocycles. The largest absolute Gasteiger partial charge is 0.486 e. The second kappa shape index (κ2) is 9.19. The van der Waals surface area contributed by atoms with E-state index in [-0.39, 0.29) is 43.3 Å². The fraction of sp³-hybridized carbons (Fsp3) is 0.333. The van der Waals surface area contributed by atoms with Gasteiger partial charge in [0.1, 0.15) is 19.5 Å². The highest BCUT2D eigenvalue weighted by atomic mass is 16.6. The number of rotatable bonds is 8. The number of nitro groups is 1. The van der Waals surface area contributed by atoms with E-state index >= 15 is 0 Å². The molecular weight excluding hydrogens is 378 g/mol. The van der Waals surface area contributed by atoms with Gasteiger partial charge in [0, 0.05) is 24.8 Å². The van der Waals surface area contributed by atoms with E-state index in [1.54, 1.807) is 23.1 Å². The second-order valence-electron chi connectivity index (χ2n) is 5.94. The number of anilines is 3. The summed E-state index contributed by atoms with van der Waals surface area (Å²) in [5.74, 6) is 1.17. The lowest BCUT2D eigenvalue weighted by atomic mass is 10.2. The highest BCUT2D eigenvalue weighted by molar-refractivity contribution is 5.75. The van der Waals surface area contributed by atoms with Crippen molar-refractivity contribution in [3.05, 3.63) is 34.6 Å². The lowest BCUT2D eigenvalue weighted by Gasteiger charge is -2.22. The van der Waals surface area contributed by atoms with E-state index in [9.17, 15) is 10.1 Å². The number of aromatic nitrogens is 2. The normalized spacial score (nSPS) is 11.8. The van der Waals surface area contributed by atoms with Crippen molar-refractivity contribution in [1.29, 1.82) is 10.5 Å². The molecule has 2 heterocycles. The summed E-state index contributed by atoms with van der Waals surface area (Å²) in [4.78, 5) is 20.8. The molecule has 11 nitrogen and oxygen atoms in total. The van der Waals surface area contributed by atoms with Crippen LogP contribution in [0, 0.1) is 32.8 Å². The average molecular weight is 395 g/mol. The molecular formula is C18H17N7O4. The molecule has 0 saturated carbocycles. The molecule has 0 atom stereocenters. The van der Waals surface area contributed by atoms with Crippen molar-refractivity contribution in [1.82, 2.24) is 9.97 Å². The van der Waals surface area contributed by atoms with Crippen molar-refractivity contribution < 1.29 is 14.4 Å². The van der Waals surface area contributed by atoms with E-state index in [0.29, 0.717) is 30.4 Å². The Kier molecular flexibility index (Phi) is 6.22. The van der Waals surface area contributed by atoms with Gasteiger partial charge < -0.3 is 19.7 Å². The fourth-order valence-corrected chi connectivity index (χ4v) is 2.81. The van der Waals surface area contributed by atoms with Crippen LogP contribution in [0.5, 0.6) is 11.5 Å². The number of nitrogens with zero attached hydrogens (tertiary/aromatic N) is 6. The predicted molar refractivity (Wildman–Crippen MR) is 102 cm³/mol. The van der Waals surface area contributed by atoms with Crippen molar-refractivity contribution >= 4 is 23.0 Å². The van der Waals surface area contributed by atoms with Crippen LogP contribution in [0.2, 0.25) is 0 Å². The number of fused-ring (bicyclic) bond motifs is 1. The van der Waals surface area contributed by atoms with Gasteiger partial charge in [0.15, 0.2) is 11.5 Å². The number of ether oxygens (including phenoxy) is 2. The minimum Gasteiger partial charge on any atom is -0.486 e. The van der Waals surface area contributed by atoms with Crippen LogP contribution in [0.3, 0.4) is 0 Å². The zero-order valence-corrected chi connectivity index (χ0v) is 15.4. The molecule has 0 bridgehead atoms. The Morgan fingerprint density at radius 2 is 1.83 bits per heavy atom. The van der Waals surface area contributed by atoms with Crippen LogP contribution in [0.15, 0.2) is 24.5 Å². The highest BCUT2D eigenvalue weighted by Crippen LogP contribution is 2.37. The van der Waals surface area contributed by atoms with Crippen LogP contribution >= 0.6 is 0 Å². The van der Waals surface area contributed by atoms with Gasteiger partial charge in [-0.15, -0.1) is 0 Å². The summed E-state index contributed by atoms with van der Waals surface area (Å²) in [6.45, 7) is 1.29. The summed E-state index contributed by atoms with van der Waals surface area (Å²) in [7, 11) is 0. The molecule has 1 N–H and O–H groups in total. The quantitative estimate of drug-likeness (QED) is 0.521. The van der Waals surface area contributed by atoms with Crippen LogP contribution < -0.4 is 19.7 Å². The minimum absolute atomic E-state index is 0.00408. The van der Waals surface area contributed by atoms with Crippen LogP contribution in [0.1, 0.15) is 12.8 Å². The number of benzene rings is 1. The number of hydrogen-bond donors (Lipinski definition) is 1. The smallest absolute Gasteiger partial charge is 0.353 e. The highest BCUT2D eigenvalue weighted by Gasteiger charge is 2.27. The summed E-state index contributed by atoms with van der Waals surface area (Å²) in [5.41, 5.74) is 0.195. The molecule has 11 heteroatoms. The fourth-order valence-electron chi connectivity index (χ4n) is 2.81. The summed E-state index contributed by atoms with van der Waals surface area (Å²) in [5, 5.41) is 32.5. The summed E-state index contributed by atoms with van der Waals surface area (Å²) in [6.07, 6.45) is 1.48. The lowest BCUT2D eigenvalue weighted by molar-refractivity contribution is -0.383. The summed E-state index contributed by atoms with van der Waals surface area (Å²) < 4.78 is 11.0. The second-order valence-corrected chi connectivity index (χ2v) is 5.94. The minimum atomic E-state index is -0.582.